The zero-order valence-corrected chi connectivity index (χ0v) is 16.6. The normalized spacial score (nSPS) is 16.3. The number of hydrogen-bond acceptors (Lipinski definition) is 2. The van der Waals surface area contributed by atoms with Crippen LogP contribution in [0.2, 0.25) is 0 Å². The van der Waals surface area contributed by atoms with Gasteiger partial charge in [-0.15, -0.1) is 0 Å². The third kappa shape index (κ3) is 3.35. The van der Waals surface area contributed by atoms with Crippen molar-refractivity contribution in [3.05, 3.63) is 84.3 Å². The van der Waals surface area contributed by atoms with E-state index in [4.69, 9.17) is 0 Å². The summed E-state index contributed by atoms with van der Waals surface area (Å²) in [7, 11) is 2.04. The maximum absolute atomic E-state index is 12.8. The first-order valence-corrected chi connectivity index (χ1v) is 8.93. The molecular weight excluding hydrogens is 356 g/mol. The van der Waals surface area contributed by atoms with Crippen LogP contribution in [-0.4, -0.2) is 12.8 Å². The monoisotopic (exact) mass is 378 g/mol. The molecule has 0 radical (unpaired) electrons. The van der Waals surface area contributed by atoms with E-state index in [2.05, 4.69) is 55.1 Å². The smallest absolute Gasteiger partial charge is 0.222 e. The van der Waals surface area contributed by atoms with Gasteiger partial charge in [0.2, 0.25) is 12.3 Å². The molecule has 0 amide bonds. The van der Waals surface area contributed by atoms with Gasteiger partial charge in [-0.3, -0.25) is 4.79 Å². The summed E-state index contributed by atoms with van der Waals surface area (Å²) in [5.41, 5.74) is 3.31. The van der Waals surface area contributed by atoms with Crippen LogP contribution in [0, 0.1) is 0 Å². The Bertz CT molecular complexity index is 1040. The van der Waals surface area contributed by atoms with Crippen molar-refractivity contribution < 1.29 is 21.8 Å². The minimum Gasteiger partial charge on any atom is -1.00 e. The van der Waals surface area contributed by atoms with Gasteiger partial charge in [-0.2, -0.15) is 4.57 Å². The average Bonchev–Trinajstić information content (AvgIpc) is 2.83. The molecule has 4 rings (SSSR count). The predicted molar refractivity (Wildman–Crippen MR) is 105 cm³/mol. The number of ketones is 1. The molecular formula is C23H23ClN2O. The number of para-hydroxylation sites is 1. The zero-order valence-electron chi connectivity index (χ0n) is 15.8. The van der Waals surface area contributed by atoms with Crippen molar-refractivity contribution >= 4 is 22.2 Å². The van der Waals surface area contributed by atoms with Crippen molar-refractivity contribution in [3.63, 3.8) is 0 Å². The summed E-state index contributed by atoms with van der Waals surface area (Å²) in [6.45, 7) is 4.70. The molecule has 1 aliphatic heterocycles. The lowest BCUT2D eigenvalue weighted by atomic mass is 9.83. The van der Waals surface area contributed by atoms with Gasteiger partial charge in [0.05, 0.1) is 0 Å². The van der Waals surface area contributed by atoms with E-state index >= 15 is 0 Å². The summed E-state index contributed by atoms with van der Waals surface area (Å²) in [5.74, 6) is 0.105. The summed E-state index contributed by atoms with van der Waals surface area (Å²) in [4.78, 5) is 14.9. The molecule has 0 fully saturated rings. The highest BCUT2D eigenvalue weighted by molar-refractivity contribution is 5.91. The number of pyridine rings is 1. The molecule has 0 spiro atoms. The van der Waals surface area contributed by atoms with E-state index in [1.54, 1.807) is 0 Å². The lowest BCUT2D eigenvalue weighted by Crippen LogP contribution is -3.00. The molecule has 0 N–H and O–H groups in total. The minimum atomic E-state index is -0.172. The molecule has 2 aromatic carbocycles. The van der Waals surface area contributed by atoms with Crippen molar-refractivity contribution in [1.29, 1.82) is 0 Å². The van der Waals surface area contributed by atoms with Gasteiger partial charge >= 0.3 is 0 Å². The number of aromatic nitrogens is 1. The van der Waals surface area contributed by atoms with Crippen molar-refractivity contribution in [2.75, 3.05) is 11.9 Å². The topological polar surface area (TPSA) is 24.2 Å². The Labute approximate surface area is 166 Å². The minimum absolute atomic E-state index is 0. The second-order valence-electron chi connectivity index (χ2n) is 7.44. The molecule has 0 saturated carbocycles. The van der Waals surface area contributed by atoms with E-state index in [0.717, 1.165) is 11.1 Å². The molecule has 3 aromatic rings. The van der Waals surface area contributed by atoms with Crippen LogP contribution in [-0.2, 0) is 16.8 Å². The van der Waals surface area contributed by atoms with Gasteiger partial charge in [0, 0.05) is 41.4 Å². The fourth-order valence-electron chi connectivity index (χ4n) is 3.91. The van der Waals surface area contributed by atoms with E-state index < -0.39 is 0 Å². The van der Waals surface area contributed by atoms with Crippen LogP contribution in [0.25, 0.3) is 10.8 Å². The van der Waals surface area contributed by atoms with Gasteiger partial charge in [0.25, 0.3) is 0 Å². The van der Waals surface area contributed by atoms with Crippen molar-refractivity contribution in [1.82, 2.24) is 0 Å². The Morgan fingerprint density at radius 2 is 1.70 bits per heavy atom. The largest absolute Gasteiger partial charge is 1.00 e. The molecule has 4 heteroatoms. The van der Waals surface area contributed by atoms with Gasteiger partial charge < -0.3 is 17.3 Å². The van der Waals surface area contributed by atoms with E-state index in [0.29, 0.717) is 6.54 Å². The number of nitrogens with zero attached hydrogens (tertiary/aromatic N) is 2. The van der Waals surface area contributed by atoms with E-state index in [9.17, 15) is 4.79 Å². The van der Waals surface area contributed by atoms with Crippen LogP contribution < -0.4 is 21.9 Å². The number of hydrogen-bond donors (Lipinski definition) is 0. The van der Waals surface area contributed by atoms with Gasteiger partial charge in [0.1, 0.15) is 0 Å². The number of benzene rings is 2. The van der Waals surface area contributed by atoms with Crippen molar-refractivity contribution in [3.8, 4) is 0 Å². The number of likely N-dealkylation sites (N-methyl/N-ethyl adjacent to an activating group) is 1. The van der Waals surface area contributed by atoms with E-state index in [1.165, 1.54) is 16.6 Å². The van der Waals surface area contributed by atoms with Gasteiger partial charge in [0.15, 0.2) is 12.4 Å². The Morgan fingerprint density at radius 1 is 1.04 bits per heavy atom. The Balaban J connectivity index is 0.00000210. The zero-order chi connectivity index (χ0) is 18.3. The number of allylic oxidation sites excluding steroid dienone is 2. The lowest BCUT2D eigenvalue weighted by Gasteiger charge is -2.23. The molecule has 0 unspecified atom stereocenters. The first-order valence-electron chi connectivity index (χ1n) is 8.93. The van der Waals surface area contributed by atoms with Crippen molar-refractivity contribution in [2.45, 2.75) is 25.8 Å². The molecule has 138 valence electrons. The maximum atomic E-state index is 12.8. The van der Waals surface area contributed by atoms with E-state index in [-0.39, 0.29) is 23.6 Å². The van der Waals surface area contributed by atoms with Crippen LogP contribution in [0.3, 0.4) is 0 Å². The highest BCUT2D eigenvalue weighted by atomic mass is 35.5. The standard InChI is InChI=1S/C23H23N2O.ClH/c1-23(2)20-10-6-7-11-21(20)24(3)22(23)14-19(26)16-25-13-12-17-8-4-5-9-18(17)15-25;/h4-15H,16H2,1-3H3;1H/q+1;/p-1. The molecule has 0 atom stereocenters. The first-order chi connectivity index (χ1) is 12.5. The summed E-state index contributed by atoms with van der Waals surface area (Å²) in [6, 6.07) is 18.6. The van der Waals surface area contributed by atoms with Gasteiger partial charge in [-0.25, -0.2) is 0 Å². The van der Waals surface area contributed by atoms with Crippen LogP contribution in [0.4, 0.5) is 5.69 Å². The Hall–Kier alpha value is -2.65. The fraction of sp³-hybridized carbons (Fsp3) is 0.217. The Morgan fingerprint density at radius 3 is 2.44 bits per heavy atom. The lowest BCUT2D eigenvalue weighted by molar-refractivity contribution is -0.682. The molecule has 0 aliphatic carbocycles. The van der Waals surface area contributed by atoms with Gasteiger partial charge in [-0.1, -0.05) is 50.2 Å². The predicted octanol–water partition coefficient (Wildman–Crippen LogP) is 1.01. The molecule has 1 aromatic heterocycles. The quantitative estimate of drug-likeness (QED) is 0.502. The number of carbonyl (C=O) groups excluding carboxylic acids is 1. The highest BCUT2D eigenvalue weighted by Gasteiger charge is 2.38. The van der Waals surface area contributed by atoms with Gasteiger partial charge in [-0.05, 0) is 23.1 Å². The molecule has 0 saturated heterocycles. The molecule has 1 aliphatic rings. The third-order valence-corrected chi connectivity index (χ3v) is 5.32. The molecule has 27 heavy (non-hydrogen) atoms. The van der Waals surface area contributed by atoms with Crippen LogP contribution >= 0.6 is 0 Å². The summed E-state index contributed by atoms with van der Waals surface area (Å²) >= 11 is 0. The van der Waals surface area contributed by atoms with Crippen LogP contribution in [0.15, 0.2) is 78.8 Å². The summed E-state index contributed by atoms with van der Waals surface area (Å²) in [6.07, 6.45) is 5.81. The maximum Gasteiger partial charge on any atom is 0.222 e. The second kappa shape index (κ2) is 7.16. The highest BCUT2D eigenvalue weighted by Crippen LogP contribution is 2.46. The SMILES string of the molecule is CN1C(=CC(=O)C[n+]2ccc3ccccc3c2)C(C)(C)c2ccccc21.[Cl-]. The summed E-state index contributed by atoms with van der Waals surface area (Å²) in [5, 5.41) is 2.32. The van der Waals surface area contributed by atoms with Crippen molar-refractivity contribution in [2.24, 2.45) is 0 Å². The fourth-order valence-corrected chi connectivity index (χ4v) is 3.91. The van der Waals surface area contributed by atoms with Crippen LogP contribution in [0.5, 0.6) is 0 Å². The number of fused-ring (bicyclic) bond motifs is 2. The molecule has 3 nitrogen and oxygen atoms in total. The number of anilines is 1. The van der Waals surface area contributed by atoms with Crippen LogP contribution in [0.1, 0.15) is 19.4 Å². The average molecular weight is 379 g/mol. The Kier molecular flexibility index (Phi) is 5.07. The number of rotatable bonds is 3. The third-order valence-electron chi connectivity index (χ3n) is 5.32. The number of carbonyl (C=O) groups is 1. The van der Waals surface area contributed by atoms with E-state index in [1.807, 2.05) is 48.3 Å². The second-order valence-corrected chi connectivity index (χ2v) is 7.44. The molecule has 0 bridgehead atoms. The first kappa shape index (κ1) is 19.1. The molecule has 2 heterocycles. The summed E-state index contributed by atoms with van der Waals surface area (Å²) < 4.78 is 1.96. The number of halogens is 1.